The minimum Gasteiger partial charge on any atom is -0.496 e. The Labute approximate surface area is 124 Å². The first-order chi connectivity index (χ1) is 10.3. The van der Waals surface area contributed by atoms with Crippen molar-refractivity contribution in [3.05, 3.63) is 53.9 Å². The molecule has 4 heteroatoms. The number of carbonyl (C=O) groups is 1. The van der Waals surface area contributed by atoms with Gasteiger partial charge in [0.2, 0.25) is 5.91 Å². The molecule has 0 radical (unpaired) electrons. The molecule has 108 valence electrons. The van der Waals surface area contributed by atoms with Crippen molar-refractivity contribution in [3.8, 4) is 5.75 Å². The number of carbonyl (C=O) groups excluding carboxylic acids is 1. The first kappa shape index (κ1) is 13.6. The van der Waals surface area contributed by atoms with Crippen molar-refractivity contribution < 1.29 is 9.53 Å². The van der Waals surface area contributed by atoms with Crippen LogP contribution in [-0.2, 0) is 11.2 Å². The monoisotopic (exact) mass is 282 g/mol. The standard InChI is InChI=1S/C17H18N2O2/c1-21-16-5-3-2-4-13(16)10-14-8-9-15(11-18-14)19-17(20)12-6-7-12/h2-5,8-9,11-12H,6-7,10H2,1H3,(H,19,20). The predicted octanol–water partition coefficient (Wildman–Crippen LogP) is 3.03. The van der Waals surface area contributed by atoms with E-state index in [0.29, 0.717) is 6.42 Å². The number of para-hydroxylation sites is 1. The number of benzene rings is 1. The van der Waals surface area contributed by atoms with Gasteiger partial charge in [-0.15, -0.1) is 0 Å². The van der Waals surface area contributed by atoms with Gasteiger partial charge in [-0.05, 0) is 31.0 Å². The van der Waals surface area contributed by atoms with E-state index < -0.39 is 0 Å². The lowest BCUT2D eigenvalue weighted by Gasteiger charge is -2.08. The summed E-state index contributed by atoms with van der Waals surface area (Å²) in [5.41, 5.74) is 2.81. The molecule has 3 rings (SSSR count). The van der Waals surface area contributed by atoms with Gasteiger partial charge in [-0.3, -0.25) is 9.78 Å². The fourth-order valence-corrected chi connectivity index (χ4v) is 2.24. The van der Waals surface area contributed by atoms with Gasteiger partial charge in [0, 0.05) is 23.6 Å². The number of rotatable bonds is 5. The van der Waals surface area contributed by atoms with E-state index in [0.717, 1.165) is 35.5 Å². The summed E-state index contributed by atoms with van der Waals surface area (Å²) in [4.78, 5) is 16.1. The van der Waals surface area contributed by atoms with Crippen LogP contribution in [0.5, 0.6) is 5.75 Å². The van der Waals surface area contributed by atoms with E-state index in [1.807, 2.05) is 36.4 Å². The van der Waals surface area contributed by atoms with Gasteiger partial charge in [0.1, 0.15) is 5.75 Å². The Hall–Kier alpha value is -2.36. The van der Waals surface area contributed by atoms with Crippen molar-refractivity contribution >= 4 is 11.6 Å². The van der Waals surface area contributed by atoms with Gasteiger partial charge < -0.3 is 10.1 Å². The average molecular weight is 282 g/mol. The Kier molecular flexibility index (Phi) is 3.86. The van der Waals surface area contributed by atoms with Crippen molar-refractivity contribution in [3.63, 3.8) is 0 Å². The molecule has 1 aliphatic rings. The Morgan fingerprint density at radius 2 is 2.10 bits per heavy atom. The largest absolute Gasteiger partial charge is 0.496 e. The summed E-state index contributed by atoms with van der Waals surface area (Å²) in [6, 6.07) is 11.8. The average Bonchev–Trinajstić information content (AvgIpc) is 3.34. The van der Waals surface area contributed by atoms with Crippen LogP contribution in [0, 0.1) is 5.92 Å². The van der Waals surface area contributed by atoms with E-state index >= 15 is 0 Å². The molecule has 1 aromatic carbocycles. The fourth-order valence-electron chi connectivity index (χ4n) is 2.24. The summed E-state index contributed by atoms with van der Waals surface area (Å²) in [6.45, 7) is 0. The molecule has 0 aliphatic heterocycles. The fraction of sp³-hybridized carbons (Fsp3) is 0.294. The van der Waals surface area contributed by atoms with Gasteiger partial charge in [-0.1, -0.05) is 18.2 Å². The van der Waals surface area contributed by atoms with Crippen LogP contribution >= 0.6 is 0 Å². The lowest BCUT2D eigenvalue weighted by atomic mass is 10.1. The quantitative estimate of drug-likeness (QED) is 0.917. The molecule has 0 unspecified atom stereocenters. The molecular weight excluding hydrogens is 264 g/mol. The molecule has 1 N–H and O–H groups in total. The van der Waals surface area contributed by atoms with Crippen LogP contribution in [0.15, 0.2) is 42.6 Å². The van der Waals surface area contributed by atoms with E-state index in [2.05, 4.69) is 10.3 Å². The van der Waals surface area contributed by atoms with Gasteiger partial charge in [0.15, 0.2) is 0 Å². The molecule has 1 amide bonds. The third kappa shape index (κ3) is 3.40. The van der Waals surface area contributed by atoms with Crippen LogP contribution in [0.3, 0.4) is 0 Å². The van der Waals surface area contributed by atoms with Gasteiger partial charge in [0.05, 0.1) is 19.0 Å². The normalized spacial score (nSPS) is 13.8. The van der Waals surface area contributed by atoms with Crippen LogP contribution < -0.4 is 10.1 Å². The van der Waals surface area contributed by atoms with Crippen molar-refractivity contribution in [2.75, 3.05) is 12.4 Å². The van der Waals surface area contributed by atoms with Crippen LogP contribution in [0.25, 0.3) is 0 Å². The zero-order chi connectivity index (χ0) is 14.7. The zero-order valence-electron chi connectivity index (χ0n) is 12.0. The van der Waals surface area contributed by atoms with Crippen LogP contribution in [-0.4, -0.2) is 18.0 Å². The summed E-state index contributed by atoms with van der Waals surface area (Å²) in [6.07, 6.45) is 4.43. The smallest absolute Gasteiger partial charge is 0.227 e. The predicted molar refractivity (Wildman–Crippen MR) is 81.4 cm³/mol. The Bertz CT molecular complexity index is 633. The van der Waals surface area contributed by atoms with Crippen LogP contribution in [0.1, 0.15) is 24.1 Å². The lowest BCUT2D eigenvalue weighted by Crippen LogP contribution is -2.13. The van der Waals surface area contributed by atoms with E-state index in [9.17, 15) is 4.79 Å². The molecule has 0 spiro atoms. The molecule has 1 heterocycles. The van der Waals surface area contributed by atoms with Gasteiger partial charge in [0.25, 0.3) is 0 Å². The minimum absolute atomic E-state index is 0.106. The maximum absolute atomic E-state index is 11.7. The Morgan fingerprint density at radius 1 is 1.29 bits per heavy atom. The van der Waals surface area contributed by atoms with Crippen LogP contribution in [0.2, 0.25) is 0 Å². The van der Waals surface area contributed by atoms with E-state index in [4.69, 9.17) is 4.74 Å². The van der Waals surface area contributed by atoms with Crippen molar-refractivity contribution in [2.45, 2.75) is 19.3 Å². The zero-order valence-corrected chi connectivity index (χ0v) is 12.0. The van der Waals surface area contributed by atoms with Gasteiger partial charge in [-0.2, -0.15) is 0 Å². The molecule has 1 saturated carbocycles. The summed E-state index contributed by atoms with van der Waals surface area (Å²) >= 11 is 0. The van der Waals surface area contributed by atoms with E-state index in [-0.39, 0.29) is 11.8 Å². The summed E-state index contributed by atoms with van der Waals surface area (Å²) in [5, 5.41) is 2.89. The number of ether oxygens (including phenoxy) is 1. The molecule has 1 fully saturated rings. The highest BCUT2D eigenvalue weighted by Gasteiger charge is 2.29. The number of amides is 1. The lowest BCUT2D eigenvalue weighted by molar-refractivity contribution is -0.117. The number of anilines is 1. The topological polar surface area (TPSA) is 51.2 Å². The number of nitrogens with one attached hydrogen (secondary N) is 1. The summed E-state index contributed by atoms with van der Waals surface area (Å²) < 4.78 is 5.34. The first-order valence-electron chi connectivity index (χ1n) is 7.14. The Balaban J connectivity index is 1.67. The number of pyridine rings is 1. The molecule has 0 bridgehead atoms. The molecule has 21 heavy (non-hydrogen) atoms. The maximum atomic E-state index is 11.7. The number of methoxy groups -OCH3 is 1. The number of hydrogen-bond donors (Lipinski definition) is 1. The maximum Gasteiger partial charge on any atom is 0.227 e. The molecule has 1 aliphatic carbocycles. The molecule has 0 atom stereocenters. The van der Waals surface area contributed by atoms with Gasteiger partial charge >= 0.3 is 0 Å². The third-order valence-electron chi connectivity index (χ3n) is 3.60. The van der Waals surface area contributed by atoms with Gasteiger partial charge in [-0.25, -0.2) is 0 Å². The molecule has 4 nitrogen and oxygen atoms in total. The van der Waals surface area contributed by atoms with E-state index in [1.165, 1.54) is 0 Å². The SMILES string of the molecule is COc1ccccc1Cc1ccc(NC(=O)C2CC2)cn1. The second-order valence-corrected chi connectivity index (χ2v) is 5.29. The molecule has 0 saturated heterocycles. The highest BCUT2D eigenvalue weighted by Crippen LogP contribution is 2.30. The van der Waals surface area contributed by atoms with Crippen molar-refractivity contribution in [2.24, 2.45) is 5.92 Å². The number of aromatic nitrogens is 1. The molecular formula is C17H18N2O2. The highest BCUT2D eigenvalue weighted by atomic mass is 16.5. The number of nitrogens with zero attached hydrogens (tertiary/aromatic N) is 1. The molecule has 1 aromatic heterocycles. The number of hydrogen-bond acceptors (Lipinski definition) is 3. The highest BCUT2D eigenvalue weighted by molar-refractivity contribution is 5.93. The van der Waals surface area contributed by atoms with Crippen molar-refractivity contribution in [1.29, 1.82) is 0 Å². The second-order valence-electron chi connectivity index (χ2n) is 5.29. The van der Waals surface area contributed by atoms with Crippen molar-refractivity contribution in [1.82, 2.24) is 4.98 Å². The summed E-state index contributed by atoms with van der Waals surface area (Å²) in [5.74, 6) is 1.18. The molecule has 2 aromatic rings. The first-order valence-corrected chi connectivity index (χ1v) is 7.14. The second kappa shape index (κ2) is 5.95. The van der Waals surface area contributed by atoms with Crippen LogP contribution in [0.4, 0.5) is 5.69 Å². The third-order valence-corrected chi connectivity index (χ3v) is 3.60. The minimum atomic E-state index is 0.106. The Morgan fingerprint density at radius 3 is 2.76 bits per heavy atom. The summed E-state index contributed by atoms with van der Waals surface area (Å²) in [7, 11) is 1.67. The van der Waals surface area contributed by atoms with E-state index in [1.54, 1.807) is 13.3 Å².